The first-order valence-electron chi connectivity index (χ1n) is 5.30. The molecule has 1 aliphatic heterocycles. The van der Waals surface area contributed by atoms with Crippen LogP contribution in [0, 0.1) is 3.57 Å². The van der Waals surface area contributed by atoms with Crippen LogP contribution in [0.4, 0.5) is 0 Å². The van der Waals surface area contributed by atoms with E-state index in [2.05, 4.69) is 51.8 Å². The first-order valence-corrected chi connectivity index (χ1v) is 6.38. The third-order valence-corrected chi connectivity index (χ3v) is 3.73. The monoisotopic (exact) mass is 317 g/mol. The number of hydrogen-bond acceptors (Lipinski definition) is 2. The van der Waals surface area contributed by atoms with Crippen molar-refractivity contribution in [3.63, 3.8) is 0 Å². The Balaban J connectivity index is 1.87. The van der Waals surface area contributed by atoms with E-state index in [1.165, 1.54) is 9.13 Å². The van der Waals surface area contributed by atoms with Gasteiger partial charge in [-0.2, -0.15) is 0 Å². The quantitative estimate of drug-likeness (QED) is 0.865. The molecule has 3 heteroatoms. The molecular weight excluding hydrogens is 301 g/mol. The molecule has 0 atom stereocenters. The van der Waals surface area contributed by atoms with Crippen LogP contribution in [-0.4, -0.2) is 28.7 Å². The Bertz CT molecular complexity index is 330. The Hall–Kier alpha value is -0.130. The van der Waals surface area contributed by atoms with Gasteiger partial charge in [0.2, 0.25) is 0 Å². The normalized spacial score (nSPS) is 19.9. The number of rotatable bonds is 3. The van der Waals surface area contributed by atoms with Crippen molar-refractivity contribution >= 4 is 22.6 Å². The summed E-state index contributed by atoms with van der Waals surface area (Å²) < 4.78 is 1.27. The SMILES string of the molecule is CCC1(O)CN(Cc2ccc(I)cc2)C1. The largest absolute Gasteiger partial charge is 0.387 e. The molecule has 0 unspecified atom stereocenters. The van der Waals surface area contributed by atoms with Gasteiger partial charge in [0.05, 0.1) is 5.60 Å². The van der Waals surface area contributed by atoms with E-state index >= 15 is 0 Å². The minimum Gasteiger partial charge on any atom is -0.387 e. The van der Waals surface area contributed by atoms with Gasteiger partial charge in [-0.15, -0.1) is 0 Å². The highest BCUT2D eigenvalue weighted by Gasteiger charge is 2.38. The number of benzene rings is 1. The molecule has 1 aromatic rings. The third-order valence-electron chi connectivity index (χ3n) is 3.01. The highest BCUT2D eigenvalue weighted by atomic mass is 127. The van der Waals surface area contributed by atoms with Gasteiger partial charge >= 0.3 is 0 Å². The summed E-state index contributed by atoms with van der Waals surface area (Å²) >= 11 is 2.31. The molecule has 0 aliphatic carbocycles. The second-order valence-electron chi connectivity index (χ2n) is 4.35. The van der Waals surface area contributed by atoms with Crippen LogP contribution in [0.15, 0.2) is 24.3 Å². The first-order chi connectivity index (χ1) is 7.11. The molecule has 0 amide bonds. The first kappa shape index (κ1) is 11.4. The lowest BCUT2D eigenvalue weighted by Crippen LogP contribution is -2.60. The fourth-order valence-corrected chi connectivity index (χ4v) is 2.33. The van der Waals surface area contributed by atoms with Crippen LogP contribution in [0.5, 0.6) is 0 Å². The minimum atomic E-state index is -0.413. The van der Waals surface area contributed by atoms with Gasteiger partial charge in [-0.3, -0.25) is 4.90 Å². The summed E-state index contributed by atoms with van der Waals surface area (Å²) in [5.74, 6) is 0. The standard InChI is InChI=1S/C12H16INO/c1-2-12(15)8-14(9-12)7-10-3-5-11(13)6-4-10/h3-6,15H,2,7-9H2,1H3. The Morgan fingerprint density at radius 2 is 1.93 bits per heavy atom. The molecule has 2 rings (SSSR count). The lowest BCUT2D eigenvalue weighted by atomic mass is 9.91. The summed E-state index contributed by atoms with van der Waals surface area (Å²) in [6.45, 7) is 4.63. The lowest BCUT2D eigenvalue weighted by Gasteiger charge is -2.46. The van der Waals surface area contributed by atoms with E-state index in [1.807, 2.05) is 6.92 Å². The zero-order chi connectivity index (χ0) is 10.9. The summed E-state index contributed by atoms with van der Waals surface area (Å²) in [5.41, 5.74) is 0.914. The molecule has 1 N–H and O–H groups in total. The lowest BCUT2D eigenvalue weighted by molar-refractivity contribution is -0.103. The maximum atomic E-state index is 9.87. The second-order valence-corrected chi connectivity index (χ2v) is 5.60. The van der Waals surface area contributed by atoms with Crippen molar-refractivity contribution in [1.29, 1.82) is 0 Å². The Morgan fingerprint density at radius 3 is 2.47 bits per heavy atom. The van der Waals surface area contributed by atoms with Gasteiger partial charge in [-0.05, 0) is 46.7 Å². The molecule has 0 aromatic heterocycles. The van der Waals surface area contributed by atoms with Gasteiger partial charge in [0.25, 0.3) is 0 Å². The summed E-state index contributed by atoms with van der Waals surface area (Å²) in [6, 6.07) is 8.57. The van der Waals surface area contributed by atoms with E-state index in [-0.39, 0.29) is 0 Å². The highest BCUT2D eigenvalue weighted by Crippen LogP contribution is 2.25. The zero-order valence-corrected chi connectivity index (χ0v) is 11.1. The van der Waals surface area contributed by atoms with E-state index in [4.69, 9.17) is 0 Å². The van der Waals surface area contributed by atoms with Crippen LogP contribution in [0.25, 0.3) is 0 Å². The molecule has 0 saturated carbocycles. The van der Waals surface area contributed by atoms with E-state index in [0.29, 0.717) is 0 Å². The van der Waals surface area contributed by atoms with Gasteiger partial charge in [-0.1, -0.05) is 19.1 Å². The molecule has 0 spiro atoms. The van der Waals surface area contributed by atoms with Gasteiger partial charge in [-0.25, -0.2) is 0 Å². The fraction of sp³-hybridized carbons (Fsp3) is 0.500. The molecule has 0 bridgehead atoms. The number of hydrogen-bond donors (Lipinski definition) is 1. The van der Waals surface area contributed by atoms with Crippen molar-refractivity contribution in [3.05, 3.63) is 33.4 Å². The molecule has 1 fully saturated rings. The Morgan fingerprint density at radius 1 is 1.33 bits per heavy atom. The van der Waals surface area contributed by atoms with E-state index in [0.717, 1.165) is 26.1 Å². The number of likely N-dealkylation sites (tertiary alicyclic amines) is 1. The van der Waals surface area contributed by atoms with Gasteiger partial charge in [0, 0.05) is 23.2 Å². The van der Waals surface area contributed by atoms with Crippen LogP contribution in [0.1, 0.15) is 18.9 Å². The fourth-order valence-electron chi connectivity index (χ4n) is 1.97. The maximum Gasteiger partial charge on any atom is 0.0897 e. The second kappa shape index (κ2) is 4.39. The van der Waals surface area contributed by atoms with Crippen molar-refractivity contribution in [2.75, 3.05) is 13.1 Å². The average Bonchev–Trinajstić information content (AvgIpc) is 2.19. The van der Waals surface area contributed by atoms with Crippen molar-refractivity contribution in [2.24, 2.45) is 0 Å². The number of aliphatic hydroxyl groups is 1. The topological polar surface area (TPSA) is 23.5 Å². The summed E-state index contributed by atoms with van der Waals surface area (Å²) in [4.78, 5) is 2.28. The van der Waals surface area contributed by atoms with E-state index in [9.17, 15) is 5.11 Å². The van der Waals surface area contributed by atoms with Crippen molar-refractivity contribution in [3.8, 4) is 0 Å². The number of halogens is 1. The molecule has 15 heavy (non-hydrogen) atoms. The van der Waals surface area contributed by atoms with E-state index < -0.39 is 5.60 Å². The summed E-state index contributed by atoms with van der Waals surface area (Å²) in [6.07, 6.45) is 0.857. The smallest absolute Gasteiger partial charge is 0.0897 e. The number of β-amino-alcohol motifs (C(OH)–C–C–N with tert-alkyl or cyclic N) is 1. The van der Waals surface area contributed by atoms with E-state index in [1.54, 1.807) is 0 Å². The Labute approximate surface area is 104 Å². The summed E-state index contributed by atoms with van der Waals surface area (Å²) in [5, 5.41) is 9.87. The predicted octanol–water partition coefficient (Wildman–Crippen LogP) is 2.25. The molecule has 1 aliphatic rings. The minimum absolute atomic E-state index is 0.413. The van der Waals surface area contributed by atoms with Crippen molar-refractivity contribution < 1.29 is 5.11 Å². The molecule has 1 aromatic carbocycles. The maximum absolute atomic E-state index is 9.87. The predicted molar refractivity (Wildman–Crippen MR) is 69.7 cm³/mol. The van der Waals surface area contributed by atoms with Gasteiger partial charge in [0.1, 0.15) is 0 Å². The third kappa shape index (κ3) is 2.71. The van der Waals surface area contributed by atoms with Crippen molar-refractivity contribution in [2.45, 2.75) is 25.5 Å². The molecule has 2 nitrogen and oxygen atoms in total. The summed E-state index contributed by atoms with van der Waals surface area (Å²) in [7, 11) is 0. The highest BCUT2D eigenvalue weighted by molar-refractivity contribution is 14.1. The molecular formula is C12H16INO. The average molecular weight is 317 g/mol. The van der Waals surface area contributed by atoms with Crippen LogP contribution < -0.4 is 0 Å². The molecule has 0 radical (unpaired) electrons. The van der Waals surface area contributed by atoms with Crippen LogP contribution >= 0.6 is 22.6 Å². The molecule has 82 valence electrons. The number of nitrogens with zero attached hydrogens (tertiary/aromatic N) is 1. The van der Waals surface area contributed by atoms with Crippen molar-refractivity contribution in [1.82, 2.24) is 4.90 Å². The van der Waals surface area contributed by atoms with Gasteiger partial charge < -0.3 is 5.11 Å². The van der Waals surface area contributed by atoms with Crippen LogP contribution in [-0.2, 0) is 6.54 Å². The van der Waals surface area contributed by atoms with Gasteiger partial charge in [0.15, 0.2) is 0 Å². The molecule has 1 saturated heterocycles. The van der Waals surface area contributed by atoms with Crippen LogP contribution in [0.3, 0.4) is 0 Å². The van der Waals surface area contributed by atoms with Crippen LogP contribution in [0.2, 0.25) is 0 Å². The zero-order valence-electron chi connectivity index (χ0n) is 8.91. The Kier molecular flexibility index (Phi) is 3.33. The molecule has 1 heterocycles.